The van der Waals surface area contributed by atoms with Crippen molar-refractivity contribution in [3.05, 3.63) is 24.3 Å². The lowest BCUT2D eigenvalue weighted by molar-refractivity contribution is -0.148. The van der Waals surface area contributed by atoms with E-state index in [-0.39, 0.29) is 5.92 Å². The molecule has 0 aliphatic heterocycles. The summed E-state index contributed by atoms with van der Waals surface area (Å²) in [6.45, 7) is 0. The molecule has 1 aromatic carbocycles. The average Bonchev–Trinajstić information content (AvgIpc) is 2.46. The molecule has 2 rings (SSSR count). The lowest BCUT2D eigenvalue weighted by atomic mass is 9.85. The van der Waals surface area contributed by atoms with Crippen LogP contribution >= 0.6 is 0 Å². The highest BCUT2D eigenvalue weighted by atomic mass is 16.5. The van der Waals surface area contributed by atoms with Gasteiger partial charge in [0, 0.05) is 5.92 Å². The van der Waals surface area contributed by atoms with E-state index in [9.17, 15) is 9.90 Å². The SMILES string of the molecule is COc1ccc(O[C@H](C(=O)O)C2CCCCC2)cc1. The molecule has 0 aromatic heterocycles. The van der Waals surface area contributed by atoms with E-state index in [1.54, 1.807) is 31.4 Å². The fraction of sp³-hybridized carbons (Fsp3) is 0.533. The molecule has 0 unspecified atom stereocenters. The molecule has 1 saturated carbocycles. The van der Waals surface area contributed by atoms with Crippen LogP contribution in [0, 0.1) is 5.92 Å². The van der Waals surface area contributed by atoms with E-state index in [0.717, 1.165) is 31.4 Å². The lowest BCUT2D eigenvalue weighted by Gasteiger charge is -2.27. The Bertz CT molecular complexity index is 407. The van der Waals surface area contributed by atoms with Gasteiger partial charge in [-0.15, -0.1) is 0 Å². The number of ether oxygens (including phenoxy) is 2. The minimum absolute atomic E-state index is 0.119. The fourth-order valence-electron chi connectivity index (χ4n) is 2.59. The first-order valence-corrected chi connectivity index (χ1v) is 6.74. The van der Waals surface area contributed by atoms with Gasteiger partial charge in [0.1, 0.15) is 11.5 Å². The van der Waals surface area contributed by atoms with Crippen LogP contribution in [0.5, 0.6) is 11.5 Å². The minimum atomic E-state index is -0.872. The van der Waals surface area contributed by atoms with Gasteiger partial charge in [-0.3, -0.25) is 0 Å². The highest BCUT2D eigenvalue weighted by Crippen LogP contribution is 2.29. The van der Waals surface area contributed by atoms with Crippen LogP contribution in [0.15, 0.2) is 24.3 Å². The molecule has 1 aromatic rings. The summed E-state index contributed by atoms with van der Waals surface area (Å²) >= 11 is 0. The maximum absolute atomic E-state index is 11.4. The third kappa shape index (κ3) is 3.63. The third-order valence-corrected chi connectivity index (χ3v) is 3.64. The van der Waals surface area contributed by atoms with E-state index in [0.29, 0.717) is 5.75 Å². The molecule has 0 saturated heterocycles. The molecule has 19 heavy (non-hydrogen) atoms. The summed E-state index contributed by atoms with van der Waals surface area (Å²) in [5.41, 5.74) is 0. The van der Waals surface area contributed by atoms with Gasteiger partial charge in [0.25, 0.3) is 0 Å². The summed E-state index contributed by atoms with van der Waals surface area (Å²) in [5.74, 6) is 0.562. The summed E-state index contributed by atoms with van der Waals surface area (Å²) in [7, 11) is 1.60. The number of carboxylic acid groups (broad SMARTS) is 1. The zero-order chi connectivity index (χ0) is 13.7. The van der Waals surface area contributed by atoms with Crippen LogP contribution in [0.1, 0.15) is 32.1 Å². The highest BCUT2D eigenvalue weighted by Gasteiger charge is 2.31. The highest BCUT2D eigenvalue weighted by molar-refractivity contribution is 5.73. The van der Waals surface area contributed by atoms with Crippen molar-refractivity contribution >= 4 is 5.97 Å². The van der Waals surface area contributed by atoms with E-state index in [1.165, 1.54) is 6.42 Å². The predicted molar refractivity (Wildman–Crippen MR) is 71.6 cm³/mol. The Morgan fingerprint density at radius 2 is 1.74 bits per heavy atom. The van der Waals surface area contributed by atoms with Crippen molar-refractivity contribution in [1.82, 2.24) is 0 Å². The molecule has 0 amide bonds. The first-order chi connectivity index (χ1) is 9.20. The van der Waals surface area contributed by atoms with Gasteiger partial charge < -0.3 is 14.6 Å². The van der Waals surface area contributed by atoms with Crippen LogP contribution in [-0.2, 0) is 4.79 Å². The maximum Gasteiger partial charge on any atom is 0.345 e. The van der Waals surface area contributed by atoms with E-state index < -0.39 is 12.1 Å². The van der Waals surface area contributed by atoms with Crippen LogP contribution in [0.2, 0.25) is 0 Å². The summed E-state index contributed by atoms with van der Waals surface area (Å²) < 4.78 is 10.7. The van der Waals surface area contributed by atoms with E-state index in [4.69, 9.17) is 9.47 Å². The number of carboxylic acids is 1. The minimum Gasteiger partial charge on any atom is -0.497 e. The van der Waals surface area contributed by atoms with E-state index in [2.05, 4.69) is 0 Å². The van der Waals surface area contributed by atoms with E-state index >= 15 is 0 Å². The van der Waals surface area contributed by atoms with Gasteiger partial charge in [-0.2, -0.15) is 0 Å². The molecule has 4 nitrogen and oxygen atoms in total. The number of carbonyl (C=O) groups is 1. The molecular weight excluding hydrogens is 244 g/mol. The number of rotatable bonds is 5. The molecule has 1 aliphatic carbocycles. The van der Waals surface area contributed by atoms with Crippen molar-refractivity contribution < 1.29 is 19.4 Å². The summed E-state index contributed by atoms with van der Waals surface area (Å²) in [6.07, 6.45) is 4.53. The number of hydrogen-bond donors (Lipinski definition) is 1. The molecule has 0 radical (unpaired) electrons. The zero-order valence-corrected chi connectivity index (χ0v) is 11.2. The second-order valence-electron chi connectivity index (χ2n) is 4.95. The van der Waals surface area contributed by atoms with Crippen LogP contribution < -0.4 is 9.47 Å². The normalized spacial score (nSPS) is 17.7. The number of hydrogen-bond acceptors (Lipinski definition) is 3. The first-order valence-electron chi connectivity index (χ1n) is 6.74. The third-order valence-electron chi connectivity index (χ3n) is 3.64. The second kappa shape index (κ2) is 6.45. The predicted octanol–water partition coefficient (Wildman–Crippen LogP) is 3.11. The molecule has 0 heterocycles. The number of benzene rings is 1. The van der Waals surface area contributed by atoms with Crippen molar-refractivity contribution in [2.24, 2.45) is 5.92 Å². The molecular formula is C15H20O4. The van der Waals surface area contributed by atoms with Crippen LogP contribution in [0.4, 0.5) is 0 Å². The summed E-state index contributed by atoms with van der Waals surface area (Å²) in [5, 5.41) is 9.34. The standard InChI is InChI=1S/C15H20O4/c1-18-12-7-9-13(10-8-12)19-14(15(16)17)11-5-3-2-4-6-11/h7-11,14H,2-6H2,1H3,(H,16,17)/t14-/m0/s1. The Morgan fingerprint density at radius 1 is 1.16 bits per heavy atom. The van der Waals surface area contributed by atoms with Gasteiger partial charge in [-0.1, -0.05) is 19.3 Å². The Labute approximate surface area is 113 Å². The van der Waals surface area contributed by atoms with Crippen molar-refractivity contribution in [3.8, 4) is 11.5 Å². The summed E-state index contributed by atoms with van der Waals surface area (Å²) in [6, 6.07) is 7.04. The molecule has 1 N–H and O–H groups in total. The topological polar surface area (TPSA) is 55.8 Å². The molecule has 1 fully saturated rings. The molecule has 0 bridgehead atoms. The maximum atomic E-state index is 11.4. The first kappa shape index (κ1) is 13.7. The molecule has 1 atom stereocenters. The van der Waals surface area contributed by atoms with Crippen molar-refractivity contribution in [2.45, 2.75) is 38.2 Å². The van der Waals surface area contributed by atoms with E-state index in [1.807, 2.05) is 0 Å². The quantitative estimate of drug-likeness (QED) is 0.887. The van der Waals surface area contributed by atoms with Gasteiger partial charge in [-0.05, 0) is 37.1 Å². The fourth-order valence-corrected chi connectivity index (χ4v) is 2.59. The van der Waals surface area contributed by atoms with Gasteiger partial charge in [0.2, 0.25) is 0 Å². The van der Waals surface area contributed by atoms with Gasteiger partial charge >= 0.3 is 5.97 Å². The average molecular weight is 264 g/mol. The summed E-state index contributed by atoms with van der Waals surface area (Å²) in [4.78, 5) is 11.4. The zero-order valence-electron chi connectivity index (χ0n) is 11.2. The van der Waals surface area contributed by atoms with Gasteiger partial charge in [0.05, 0.1) is 7.11 Å². The van der Waals surface area contributed by atoms with Gasteiger partial charge in [0.15, 0.2) is 6.10 Å². The van der Waals surface area contributed by atoms with Crippen LogP contribution in [-0.4, -0.2) is 24.3 Å². The molecule has 104 valence electrons. The van der Waals surface area contributed by atoms with Crippen molar-refractivity contribution in [3.63, 3.8) is 0 Å². The lowest BCUT2D eigenvalue weighted by Crippen LogP contribution is -2.36. The van der Waals surface area contributed by atoms with Gasteiger partial charge in [-0.25, -0.2) is 4.79 Å². The molecule has 1 aliphatic rings. The number of aliphatic carboxylic acids is 1. The second-order valence-corrected chi connectivity index (χ2v) is 4.95. The Hall–Kier alpha value is -1.71. The Morgan fingerprint density at radius 3 is 2.26 bits per heavy atom. The van der Waals surface area contributed by atoms with Crippen LogP contribution in [0.3, 0.4) is 0 Å². The van der Waals surface area contributed by atoms with Crippen molar-refractivity contribution in [1.29, 1.82) is 0 Å². The monoisotopic (exact) mass is 264 g/mol. The smallest absolute Gasteiger partial charge is 0.345 e. The molecule has 0 spiro atoms. The van der Waals surface area contributed by atoms with Crippen molar-refractivity contribution in [2.75, 3.05) is 7.11 Å². The van der Waals surface area contributed by atoms with Crippen LogP contribution in [0.25, 0.3) is 0 Å². The Kier molecular flexibility index (Phi) is 4.66. The largest absolute Gasteiger partial charge is 0.497 e. The Balaban J connectivity index is 2.04. The molecule has 4 heteroatoms. The number of methoxy groups -OCH3 is 1.